The maximum absolute atomic E-state index is 9.29. The highest BCUT2D eigenvalue weighted by molar-refractivity contribution is 9.09. The van der Waals surface area contributed by atoms with Crippen LogP contribution in [0.3, 0.4) is 0 Å². The zero-order valence-corrected chi connectivity index (χ0v) is 11.1. The molecule has 0 aromatic heterocycles. The maximum Gasteiger partial charge on any atom is 0.0776 e. The van der Waals surface area contributed by atoms with Gasteiger partial charge >= 0.3 is 0 Å². The molecule has 0 saturated carbocycles. The van der Waals surface area contributed by atoms with E-state index in [0.29, 0.717) is 6.42 Å². The van der Waals surface area contributed by atoms with Gasteiger partial charge in [-0.15, -0.1) is 0 Å². The monoisotopic (exact) mass is 290 g/mol. The van der Waals surface area contributed by atoms with Crippen molar-refractivity contribution in [1.29, 1.82) is 0 Å². The van der Waals surface area contributed by atoms with Crippen LogP contribution in [0.2, 0.25) is 0 Å². The van der Waals surface area contributed by atoms with Crippen molar-refractivity contribution in [3.05, 3.63) is 71.8 Å². The Labute approximate surface area is 110 Å². The predicted molar refractivity (Wildman–Crippen MR) is 74.3 cm³/mol. The highest BCUT2D eigenvalue weighted by atomic mass is 79.9. The van der Waals surface area contributed by atoms with Crippen molar-refractivity contribution < 1.29 is 5.11 Å². The average molecular weight is 291 g/mol. The smallest absolute Gasteiger partial charge is 0.0776 e. The molecule has 0 saturated heterocycles. The summed E-state index contributed by atoms with van der Waals surface area (Å²) in [5, 5.41) is 9.29. The second-order valence-electron chi connectivity index (χ2n) is 4.01. The normalized spacial score (nSPS) is 11.4. The lowest BCUT2D eigenvalue weighted by molar-refractivity contribution is 0.277. The van der Waals surface area contributed by atoms with Crippen LogP contribution < -0.4 is 0 Å². The van der Waals surface area contributed by atoms with Gasteiger partial charge in [0.15, 0.2) is 0 Å². The zero-order valence-electron chi connectivity index (χ0n) is 9.51. The molecule has 0 aliphatic heterocycles. The molecule has 0 amide bonds. The Kier molecular flexibility index (Phi) is 3.97. The molecule has 0 heterocycles. The number of aliphatic hydroxyl groups is 1. The molecule has 2 aromatic carbocycles. The van der Waals surface area contributed by atoms with Gasteiger partial charge in [-0.25, -0.2) is 0 Å². The first-order chi connectivity index (χ1) is 8.27. The van der Waals surface area contributed by atoms with Crippen molar-refractivity contribution >= 4 is 15.9 Å². The minimum absolute atomic E-state index is 0.148. The van der Waals surface area contributed by atoms with E-state index in [0.717, 1.165) is 0 Å². The summed E-state index contributed by atoms with van der Waals surface area (Å²) in [7, 11) is 0. The standard InChI is InChI=1S/C15H15BrO/c16-15(11-12-17,13-7-3-1-4-8-13)14-9-5-2-6-10-14/h1-10,17H,11-12H2. The van der Waals surface area contributed by atoms with E-state index in [9.17, 15) is 5.11 Å². The average Bonchev–Trinajstić information content (AvgIpc) is 2.41. The van der Waals surface area contributed by atoms with Gasteiger partial charge in [0.05, 0.1) is 4.32 Å². The van der Waals surface area contributed by atoms with Crippen LogP contribution in [0.5, 0.6) is 0 Å². The molecule has 0 atom stereocenters. The molecule has 0 radical (unpaired) electrons. The third-order valence-electron chi connectivity index (χ3n) is 2.92. The van der Waals surface area contributed by atoms with Crippen molar-refractivity contribution in [2.45, 2.75) is 10.7 Å². The topological polar surface area (TPSA) is 20.2 Å². The fourth-order valence-corrected chi connectivity index (χ4v) is 2.72. The molecule has 2 heteroatoms. The Morgan fingerprint density at radius 3 is 1.59 bits per heavy atom. The molecule has 0 aliphatic rings. The fourth-order valence-electron chi connectivity index (χ4n) is 2.01. The number of benzene rings is 2. The second kappa shape index (κ2) is 5.48. The highest BCUT2D eigenvalue weighted by Gasteiger charge is 2.30. The summed E-state index contributed by atoms with van der Waals surface area (Å²) in [6, 6.07) is 20.4. The number of rotatable bonds is 4. The third kappa shape index (κ3) is 2.59. The third-order valence-corrected chi connectivity index (χ3v) is 4.23. The summed E-state index contributed by atoms with van der Waals surface area (Å²) in [6.45, 7) is 0.148. The van der Waals surface area contributed by atoms with Gasteiger partial charge in [0.25, 0.3) is 0 Å². The minimum atomic E-state index is -0.301. The van der Waals surface area contributed by atoms with Gasteiger partial charge in [0, 0.05) is 6.61 Å². The van der Waals surface area contributed by atoms with E-state index in [-0.39, 0.29) is 10.9 Å². The Morgan fingerprint density at radius 2 is 1.24 bits per heavy atom. The van der Waals surface area contributed by atoms with Crippen molar-refractivity contribution in [3.8, 4) is 0 Å². The van der Waals surface area contributed by atoms with Crippen LogP contribution in [0.1, 0.15) is 17.5 Å². The van der Waals surface area contributed by atoms with Crippen molar-refractivity contribution in [1.82, 2.24) is 0 Å². The zero-order chi connectivity index (χ0) is 12.1. The molecule has 88 valence electrons. The molecule has 2 rings (SSSR count). The van der Waals surface area contributed by atoms with Crippen LogP contribution in [0, 0.1) is 0 Å². The highest BCUT2D eigenvalue weighted by Crippen LogP contribution is 2.41. The van der Waals surface area contributed by atoms with Gasteiger partial charge in [-0.05, 0) is 17.5 Å². The molecule has 1 N–H and O–H groups in total. The fraction of sp³-hybridized carbons (Fsp3) is 0.200. The molecular formula is C15H15BrO. The number of hydrogen-bond donors (Lipinski definition) is 1. The lowest BCUT2D eigenvalue weighted by atomic mass is 9.88. The van der Waals surface area contributed by atoms with E-state index in [4.69, 9.17) is 0 Å². The summed E-state index contributed by atoms with van der Waals surface area (Å²) < 4.78 is -0.301. The van der Waals surface area contributed by atoms with Crippen LogP contribution in [0.25, 0.3) is 0 Å². The first kappa shape index (κ1) is 12.3. The lowest BCUT2D eigenvalue weighted by Gasteiger charge is -2.28. The largest absolute Gasteiger partial charge is 0.396 e. The first-order valence-corrected chi connectivity index (χ1v) is 6.47. The van der Waals surface area contributed by atoms with Gasteiger partial charge in [-0.1, -0.05) is 76.6 Å². The molecule has 1 nitrogen and oxygen atoms in total. The Hall–Kier alpha value is -1.12. The minimum Gasteiger partial charge on any atom is -0.396 e. The van der Waals surface area contributed by atoms with Crippen LogP contribution >= 0.6 is 15.9 Å². The molecule has 0 spiro atoms. The molecule has 17 heavy (non-hydrogen) atoms. The second-order valence-corrected chi connectivity index (χ2v) is 5.36. The molecule has 2 aromatic rings. The molecule has 0 unspecified atom stereocenters. The maximum atomic E-state index is 9.29. The number of aliphatic hydroxyl groups excluding tert-OH is 1. The molecule has 0 bridgehead atoms. The van der Waals surface area contributed by atoms with Crippen molar-refractivity contribution in [3.63, 3.8) is 0 Å². The molecular weight excluding hydrogens is 276 g/mol. The van der Waals surface area contributed by atoms with Crippen molar-refractivity contribution in [2.24, 2.45) is 0 Å². The van der Waals surface area contributed by atoms with Crippen LogP contribution in [-0.4, -0.2) is 11.7 Å². The van der Waals surface area contributed by atoms with E-state index >= 15 is 0 Å². The van der Waals surface area contributed by atoms with Crippen LogP contribution in [-0.2, 0) is 4.32 Å². The summed E-state index contributed by atoms with van der Waals surface area (Å²) in [5.41, 5.74) is 2.33. The molecule has 0 fully saturated rings. The van der Waals surface area contributed by atoms with E-state index in [1.165, 1.54) is 11.1 Å². The van der Waals surface area contributed by atoms with Crippen molar-refractivity contribution in [2.75, 3.05) is 6.61 Å². The number of halogens is 1. The van der Waals surface area contributed by atoms with E-state index < -0.39 is 0 Å². The van der Waals surface area contributed by atoms with Gasteiger partial charge in [0.1, 0.15) is 0 Å². The Morgan fingerprint density at radius 1 is 0.824 bits per heavy atom. The summed E-state index contributed by atoms with van der Waals surface area (Å²) in [4.78, 5) is 0. The first-order valence-electron chi connectivity index (χ1n) is 5.68. The van der Waals surface area contributed by atoms with Gasteiger partial charge in [-0.2, -0.15) is 0 Å². The van der Waals surface area contributed by atoms with Crippen LogP contribution in [0.15, 0.2) is 60.7 Å². The summed E-state index contributed by atoms with van der Waals surface area (Å²) in [6.07, 6.45) is 0.654. The lowest BCUT2D eigenvalue weighted by Crippen LogP contribution is -2.21. The van der Waals surface area contributed by atoms with E-state index in [2.05, 4.69) is 40.2 Å². The van der Waals surface area contributed by atoms with Gasteiger partial charge < -0.3 is 5.11 Å². The van der Waals surface area contributed by atoms with E-state index in [1.54, 1.807) is 0 Å². The van der Waals surface area contributed by atoms with E-state index in [1.807, 2.05) is 36.4 Å². The van der Waals surface area contributed by atoms with Gasteiger partial charge in [0.2, 0.25) is 0 Å². The van der Waals surface area contributed by atoms with Crippen LogP contribution in [0.4, 0.5) is 0 Å². The predicted octanol–water partition coefficient (Wildman–Crippen LogP) is 3.71. The van der Waals surface area contributed by atoms with Gasteiger partial charge in [-0.3, -0.25) is 0 Å². The Bertz CT molecular complexity index is 413. The summed E-state index contributed by atoms with van der Waals surface area (Å²) >= 11 is 3.80. The molecule has 0 aliphatic carbocycles. The number of hydrogen-bond acceptors (Lipinski definition) is 1. The summed E-state index contributed by atoms with van der Waals surface area (Å²) in [5.74, 6) is 0. The Balaban J connectivity index is 2.47. The SMILES string of the molecule is OCCC(Br)(c1ccccc1)c1ccccc1. The number of alkyl halides is 1. The quantitative estimate of drug-likeness (QED) is 0.851.